The molecule has 2 heterocycles. The summed E-state index contributed by atoms with van der Waals surface area (Å²) in [5, 5.41) is 7.26. The van der Waals surface area contributed by atoms with Crippen molar-refractivity contribution in [2.45, 2.75) is 20.1 Å². The van der Waals surface area contributed by atoms with Gasteiger partial charge in [0.2, 0.25) is 0 Å². The van der Waals surface area contributed by atoms with E-state index in [1.54, 1.807) is 36.5 Å². The molecule has 28 heavy (non-hydrogen) atoms. The number of hydrogen-bond donors (Lipinski definition) is 1. The second-order valence-electron chi connectivity index (χ2n) is 5.70. The first-order chi connectivity index (χ1) is 13.5. The number of aryl methyl sites for hydroxylation is 1. The Kier molecular flexibility index (Phi) is 6.00. The van der Waals surface area contributed by atoms with Gasteiger partial charge in [0.05, 0.1) is 12.8 Å². The van der Waals surface area contributed by atoms with E-state index in [-0.39, 0.29) is 23.7 Å². The van der Waals surface area contributed by atoms with E-state index in [0.29, 0.717) is 23.1 Å². The number of nitrogens with zero attached hydrogens (tertiary/aromatic N) is 2. The fraction of sp³-hybridized carbons (Fsp3) is 0.211. The quantitative estimate of drug-likeness (QED) is 0.603. The van der Waals surface area contributed by atoms with Crippen molar-refractivity contribution in [3.63, 3.8) is 0 Å². The number of amides is 1. The number of carbonyl (C=O) groups excluding carboxylic acids is 2. The Bertz CT molecular complexity index is 995. The number of halogens is 1. The van der Waals surface area contributed by atoms with E-state index in [2.05, 4.69) is 10.4 Å². The third kappa shape index (κ3) is 4.52. The average molecular weight is 404 g/mol. The number of benzene rings is 1. The van der Waals surface area contributed by atoms with E-state index in [1.165, 1.54) is 17.9 Å². The molecule has 0 spiro atoms. The lowest BCUT2D eigenvalue weighted by atomic mass is 10.3. The molecular formula is C19H18ClN3O5. The summed E-state index contributed by atoms with van der Waals surface area (Å²) in [6.07, 6.45) is 1.55. The number of nitrogens with one attached hydrogen (secondary N) is 1. The average Bonchev–Trinajstić information content (AvgIpc) is 3.33. The van der Waals surface area contributed by atoms with E-state index in [0.717, 1.165) is 0 Å². The maximum absolute atomic E-state index is 12.5. The van der Waals surface area contributed by atoms with Crippen LogP contribution in [0.1, 0.15) is 33.7 Å². The lowest BCUT2D eigenvalue weighted by Gasteiger charge is -2.04. The third-order valence-corrected chi connectivity index (χ3v) is 4.01. The lowest BCUT2D eigenvalue weighted by molar-refractivity contribution is 0.0594. The molecule has 3 aromatic rings. The summed E-state index contributed by atoms with van der Waals surface area (Å²) < 4.78 is 17.3. The maximum Gasteiger partial charge on any atom is 0.360 e. The van der Waals surface area contributed by atoms with E-state index < -0.39 is 11.9 Å². The Hall–Kier alpha value is -3.26. The number of hydrogen-bond acceptors (Lipinski definition) is 6. The monoisotopic (exact) mass is 403 g/mol. The van der Waals surface area contributed by atoms with Gasteiger partial charge in [-0.1, -0.05) is 17.7 Å². The molecule has 1 amide bonds. The van der Waals surface area contributed by atoms with Gasteiger partial charge in [0.15, 0.2) is 11.5 Å². The van der Waals surface area contributed by atoms with E-state index in [9.17, 15) is 9.59 Å². The van der Waals surface area contributed by atoms with Gasteiger partial charge < -0.3 is 19.2 Å². The molecule has 0 saturated carbocycles. The molecule has 3 rings (SSSR count). The predicted molar refractivity (Wildman–Crippen MR) is 102 cm³/mol. The number of esters is 1. The Labute approximate surface area is 166 Å². The Morgan fingerprint density at radius 1 is 1.29 bits per heavy atom. The summed E-state index contributed by atoms with van der Waals surface area (Å²) in [5.74, 6) is -0.0377. The lowest BCUT2D eigenvalue weighted by Crippen LogP contribution is -2.14. The third-order valence-electron chi connectivity index (χ3n) is 3.78. The van der Waals surface area contributed by atoms with Crippen LogP contribution in [0.25, 0.3) is 0 Å². The maximum atomic E-state index is 12.5. The van der Waals surface area contributed by atoms with Crippen LogP contribution in [0, 0.1) is 0 Å². The summed E-state index contributed by atoms with van der Waals surface area (Å²) in [5.41, 5.74) is 0.264. The van der Waals surface area contributed by atoms with Crippen molar-refractivity contribution in [3.05, 3.63) is 64.8 Å². The first-order valence-corrected chi connectivity index (χ1v) is 8.82. The molecule has 1 N–H and O–H groups in total. The molecule has 8 nitrogen and oxygen atoms in total. The molecule has 0 aliphatic carbocycles. The predicted octanol–water partition coefficient (Wildman–Crippen LogP) is 3.77. The molecule has 0 saturated heterocycles. The molecule has 0 aliphatic rings. The largest absolute Gasteiger partial charge is 0.486 e. The van der Waals surface area contributed by atoms with Crippen LogP contribution in [0.4, 0.5) is 5.69 Å². The Balaban J connectivity index is 1.67. The second kappa shape index (κ2) is 8.62. The minimum Gasteiger partial charge on any atom is -0.486 e. The Morgan fingerprint density at radius 3 is 2.82 bits per heavy atom. The first-order valence-electron chi connectivity index (χ1n) is 8.44. The van der Waals surface area contributed by atoms with Crippen LogP contribution in [0.15, 0.2) is 47.0 Å². The molecule has 146 valence electrons. The summed E-state index contributed by atoms with van der Waals surface area (Å²) in [7, 11) is 1.25. The normalized spacial score (nSPS) is 10.5. The van der Waals surface area contributed by atoms with Gasteiger partial charge in [-0.15, -0.1) is 0 Å². The molecule has 9 heteroatoms. The van der Waals surface area contributed by atoms with Gasteiger partial charge in [-0.05, 0) is 37.3 Å². The highest BCUT2D eigenvalue weighted by Crippen LogP contribution is 2.20. The van der Waals surface area contributed by atoms with Crippen molar-refractivity contribution >= 4 is 29.2 Å². The van der Waals surface area contributed by atoms with Crippen LogP contribution in [0.3, 0.4) is 0 Å². The van der Waals surface area contributed by atoms with E-state index >= 15 is 0 Å². The highest BCUT2D eigenvalue weighted by Gasteiger charge is 2.21. The second-order valence-corrected chi connectivity index (χ2v) is 6.14. The van der Waals surface area contributed by atoms with Crippen LogP contribution in [0.5, 0.6) is 5.75 Å². The minimum absolute atomic E-state index is 0.0220. The topological polar surface area (TPSA) is 95.6 Å². The van der Waals surface area contributed by atoms with Gasteiger partial charge in [0.25, 0.3) is 5.91 Å². The van der Waals surface area contributed by atoms with Gasteiger partial charge in [-0.2, -0.15) is 5.10 Å². The highest BCUT2D eigenvalue weighted by atomic mass is 35.5. The van der Waals surface area contributed by atoms with Crippen molar-refractivity contribution < 1.29 is 23.5 Å². The molecule has 0 atom stereocenters. The van der Waals surface area contributed by atoms with Gasteiger partial charge >= 0.3 is 5.97 Å². The first kappa shape index (κ1) is 19.5. The van der Waals surface area contributed by atoms with Crippen LogP contribution in [0.2, 0.25) is 5.02 Å². The van der Waals surface area contributed by atoms with Crippen molar-refractivity contribution in [3.8, 4) is 5.75 Å². The summed E-state index contributed by atoms with van der Waals surface area (Å²) in [4.78, 5) is 24.3. The fourth-order valence-corrected chi connectivity index (χ4v) is 2.58. The summed E-state index contributed by atoms with van der Waals surface area (Å²) in [6, 6.07) is 10.1. The number of rotatable bonds is 7. The molecule has 2 aromatic heterocycles. The molecular weight excluding hydrogens is 386 g/mol. The number of ether oxygens (including phenoxy) is 2. The fourth-order valence-electron chi connectivity index (χ4n) is 2.39. The van der Waals surface area contributed by atoms with Crippen LogP contribution < -0.4 is 10.1 Å². The number of aromatic nitrogens is 2. The zero-order chi connectivity index (χ0) is 20.1. The molecule has 0 unspecified atom stereocenters. The van der Waals surface area contributed by atoms with Crippen molar-refractivity contribution in [1.82, 2.24) is 9.78 Å². The summed E-state index contributed by atoms with van der Waals surface area (Å²) in [6.45, 7) is 2.53. The molecule has 0 aliphatic heterocycles. The molecule has 1 aromatic carbocycles. The van der Waals surface area contributed by atoms with Gasteiger partial charge in [-0.25, -0.2) is 4.79 Å². The van der Waals surface area contributed by atoms with Gasteiger partial charge in [0.1, 0.15) is 18.1 Å². The van der Waals surface area contributed by atoms with Crippen molar-refractivity contribution in [1.29, 1.82) is 0 Å². The highest BCUT2D eigenvalue weighted by molar-refractivity contribution is 6.30. The molecule has 0 fully saturated rings. The van der Waals surface area contributed by atoms with Crippen LogP contribution in [-0.2, 0) is 17.9 Å². The standard InChI is InChI=1S/C19H18ClN3O5/c1-3-23-10-15(17(22-23)19(25)26-2)21-18(24)16-8-7-14(28-16)11-27-13-6-4-5-12(20)9-13/h4-10H,3,11H2,1-2H3,(H,21,24). The van der Waals surface area contributed by atoms with Gasteiger partial charge in [-0.3, -0.25) is 9.48 Å². The van der Waals surface area contributed by atoms with Crippen molar-refractivity contribution in [2.24, 2.45) is 0 Å². The summed E-state index contributed by atoms with van der Waals surface area (Å²) >= 11 is 5.91. The minimum atomic E-state index is -0.641. The SMILES string of the molecule is CCn1cc(NC(=O)c2ccc(COc3cccc(Cl)c3)o2)c(C(=O)OC)n1. The number of methoxy groups -OCH3 is 1. The van der Waals surface area contributed by atoms with Crippen LogP contribution >= 0.6 is 11.6 Å². The molecule has 0 radical (unpaired) electrons. The van der Waals surface area contributed by atoms with E-state index in [4.69, 9.17) is 25.5 Å². The smallest absolute Gasteiger partial charge is 0.360 e. The number of carbonyl (C=O) groups is 2. The number of anilines is 1. The number of furan rings is 1. The van der Waals surface area contributed by atoms with Crippen molar-refractivity contribution in [2.75, 3.05) is 12.4 Å². The van der Waals surface area contributed by atoms with E-state index in [1.807, 2.05) is 6.92 Å². The van der Waals surface area contributed by atoms with Gasteiger partial charge in [0, 0.05) is 17.8 Å². The van der Waals surface area contributed by atoms with Crippen LogP contribution in [-0.4, -0.2) is 28.8 Å². The Morgan fingerprint density at radius 2 is 2.11 bits per heavy atom. The molecule has 0 bridgehead atoms. The zero-order valence-electron chi connectivity index (χ0n) is 15.3. The zero-order valence-corrected chi connectivity index (χ0v) is 16.0.